The van der Waals surface area contributed by atoms with Crippen LogP contribution in [0.4, 0.5) is 0 Å². The van der Waals surface area contributed by atoms with Crippen LogP contribution in [0, 0.1) is 0 Å². The topological polar surface area (TPSA) is 80.4 Å². The molecule has 0 heterocycles. The van der Waals surface area contributed by atoms with Gasteiger partial charge in [-0.1, -0.05) is 25.5 Å². The van der Waals surface area contributed by atoms with Crippen LogP contribution in [0.1, 0.15) is 39.6 Å². The van der Waals surface area contributed by atoms with Crippen LogP contribution in [0.2, 0.25) is 0 Å². The smallest absolute Gasteiger partial charge is 0.336 e. The van der Waals surface area contributed by atoms with E-state index in [1.54, 1.807) is 12.1 Å². The van der Waals surface area contributed by atoms with Gasteiger partial charge < -0.3 is 10.8 Å². The third kappa shape index (κ3) is 2.34. The molecule has 0 fully saturated rings. The van der Waals surface area contributed by atoms with E-state index in [4.69, 9.17) is 10.8 Å². The third-order valence-corrected chi connectivity index (χ3v) is 2.15. The Labute approximate surface area is 87.7 Å². The van der Waals surface area contributed by atoms with Crippen LogP contribution in [0.25, 0.3) is 0 Å². The first-order chi connectivity index (χ1) is 7.07. The van der Waals surface area contributed by atoms with Gasteiger partial charge in [-0.25, -0.2) is 4.79 Å². The molecule has 80 valence electrons. The fourth-order valence-corrected chi connectivity index (χ4v) is 1.55. The molecule has 3 N–H and O–H groups in total. The molecule has 4 nitrogen and oxygen atoms in total. The number of nitrogens with two attached hydrogens (primary N) is 1. The second-order valence-electron chi connectivity index (χ2n) is 3.26. The molecule has 1 amide bonds. The molecule has 0 unspecified atom stereocenters. The number of primary amides is 1. The molecule has 0 saturated carbocycles. The Morgan fingerprint density at radius 3 is 2.53 bits per heavy atom. The van der Waals surface area contributed by atoms with Crippen LogP contribution < -0.4 is 5.73 Å². The minimum absolute atomic E-state index is 0.0200. The van der Waals surface area contributed by atoms with Gasteiger partial charge in [0.05, 0.1) is 11.1 Å². The first kappa shape index (κ1) is 11.2. The number of amides is 1. The molecule has 1 rings (SSSR count). The average molecular weight is 207 g/mol. The minimum Gasteiger partial charge on any atom is -0.478 e. The number of hydrogen-bond acceptors (Lipinski definition) is 2. The minimum atomic E-state index is -1.12. The van der Waals surface area contributed by atoms with Crippen molar-refractivity contribution in [2.24, 2.45) is 5.73 Å². The molecule has 0 aliphatic heterocycles. The van der Waals surface area contributed by atoms with E-state index < -0.39 is 11.9 Å². The van der Waals surface area contributed by atoms with Crippen LogP contribution >= 0.6 is 0 Å². The third-order valence-electron chi connectivity index (χ3n) is 2.15. The molecule has 0 aliphatic rings. The summed E-state index contributed by atoms with van der Waals surface area (Å²) in [6.45, 7) is 1.96. The van der Waals surface area contributed by atoms with Gasteiger partial charge in [-0.3, -0.25) is 4.79 Å². The summed E-state index contributed by atoms with van der Waals surface area (Å²) in [5.74, 6) is -1.81. The highest BCUT2D eigenvalue weighted by atomic mass is 16.4. The molecule has 15 heavy (non-hydrogen) atoms. The van der Waals surface area contributed by atoms with Crippen molar-refractivity contribution in [2.45, 2.75) is 19.8 Å². The first-order valence-corrected chi connectivity index (χ1v) is 4.73. The Hall–Kier alpha value is -1.84. The molecular weight excluding hydrogens is 194 g/mol. The zero-order valence-electron chi connectivity index (χ0n) is 8.49. The van der Waals surface area contributed by atoms with Crippen molar-refractivity contribution in [3.8, 4) is 0 Å². The van der Waals surface area contributed by atoms with Crippen LogP contribution in [0.15, 0.2) is 18.2 Å². The number of hydrogen-bond donors (Lipinski definition) is 2. The Morgan fingerprint density at radius 2 is 2.07 bits per heavy atom. The highest BCUT2D eigenvalue weighted by Gasteiger charge is 2.17. The van der Waals surface area contributed by atoms with Gasteiger partial charge in [0.25, 0.3) is 0 Å². The number of benzene rings is 1. The van der Waals surface area contributed by atoms with E-state index in [1.165, 1.54) is 6.07 Å². The van der Waals surface area contributed by atoms with Gasteiger partial charge in [-0.15, -0.1) is 0 Å². The molecule has 0 radical (unpaired) electrons. The number of aromatic carboxylic acids is 1. The number of carboxylic acids is 1. The van der Waals surface area contributed by atoms with Crippen molar-refractivity contribution < 1.29 is 14.7 Å². The predicted octanol–water partition coefficient (Wildman–Crippen LogP) is 1.44. The summed E-state index contributed by atoms with van der Waals surface area (Å²) in [7, 11) is 0. The van der Waals surface area contributed by atoms with Crippen molar-refractivity contribution >= 4 is 11.9 Å². The standard InChI is InChI=1S/C11H13NO3/c1-2-4-7-5-3-6-8(11(14)15)9(7)10(12)13/h3,5-6H,2,4H2,1H3,(H2,12,13)(H,14,15). The van der Waals surface area contributed by atoms with Crippen molar-refractivity contribution in [2.75, 3.05) is 0 Å². The average Bonchev–Trinajstić information content (AvgIpc) is 2.17. The number of carboxylic acid groups (broad SMARTS) is 1. The van der Waals surface area contributed by atoms with Crippen LogP contribution in [-0.4, -0.2) is 17.0 Å². The molecule has 0 atom stereocenters. The SMILES string of the molecule is CCCc1cccc(C(=O)O)c1C(N)=O. The molecule has 1 aromatic rings. The van der Waals surface area contributed by atoms with E-state index in [0.29, 0.717) is 12.0 Å². The summed E-state index contributed by atoms with van der Waals surface area (Å²) in [6, 6.07) is 4.75. The van der Waals surface area contributed by atoms with E-state index in [1.807, 2.05) is 6.92 Å². The lowest BCUT2D eigenvalue weighted by molar-refractivity contribution is 0.0692. The molecule has 0 aromatic heterocycles. The van der Waals surface area contributed by atoms with Gasteiger partial charge in [0, 0.05) is 0 Å². The fraction of sp³-hybridized carbons (Fsp3) is 0.273. The van der Waals surface area contributed by atoms with Crippen LogP contribution in [0.5, 0.6) is 0 Å². The maximum Gasteiger partial charge on any atom is 0.336 e. The lowest BCUT2D eigenvalue weighted by Gasteiger charge is -2.08. The van der Waals surface area contributed by atoms with Gasteiger partial charge in [0.1, 0.15) is 0 Å². The molecule has 0 bridgehead atoms. The van der Waals surface area contributed by atoms with Crippen molar-refractivity contribution in [3.05, 3.63) is 34.9 Å². The molecular formula is C11H13NO3. The zero-order valence-corrected chi connectivity index (χ0v) is 8.49. The van der Waals surface area contributed by atoms with Crippen molar-refractivity contribution in [3.63, 3.8) is 0 Å². The largest absolute Gasteiger partial charge is 0.478 e. The highest BCUT2D eigenvalue weighted by molar-refractivity contribution is 6.05. The van der Waals surface area contributed by atoms with E-state index in [2.05, 4.69) is 0 Å². The van der Waals surface area contributed by atoms with Gasteiger partial charge in [0.2, 0.25) is 5.91 Å². The fourth-order valence-electron chi connectivity index (χ4n) is 1.55. The molecule has 0 spiro atoms. The van der Waals surface area contributed by atoms with Crippen molar-refractivity contribution in [1.29, 1.82) is 0 Å². The second kappa shape index (κ2) is 4.59. The van der Waals surface area contributed by atoms with Gasteiger partial charge in [-0.05, 0) is 18.1 Å². The van der Waals surface area contributed by atoms with Gasteiger partial charge >= 0.3 is 5.97 Å². The molecule has 4 heteroatoms. The van der Waals surface area contributed by atoms with Gasteiger partial charge in [-0.2, -0.15) is 0 Å². The van der Waals surface area contributed by atoms with E-state index >= 15 is 0 Å². The Kier molecular flexibility index (Phi) is 3.44. The maximum absolute atomic E-state index is 11.2. The number of carbonyl (C=O) groups excluding carboxylic acids is 1. The predicted molar refractivity (Wildman–Crippen MR) is 55.9 cm³/mol. The number of carbonyl (C=O) groups is 2. The van der Waals surface area contributed by atoms with Crippen molar-refractivity contribution in [1.82, 2.24) is 0 Å². The second-order valence-corrected chi connectivity index (χ2v) is 3.26. The summed E-state index contributed by atoms with van der Waals surface area (Å²) < 4.78 is 0. The van der Waals surface area contributed by atoms with Crippen LogP contribution in [0.3, 0.4) is 0 Å². The summed E-state index contributed by atoms with van der Waals surface area (Å²) in [4.78, 5) is 22.1. The van der Waals surface area contributed by atoms with Gasteiger partial charge in [0.15, 0.2) is 0 Å². The summed E-state index contributed by atoms with van der Waals surface area (Å²) in [5.41, 5.74) is 5.99. The van der Waals surface area contributed by atoms with E-state index in [9.17, 15) is 9.59 Å². The quantitative estimate of drug-likeness (QED) is 0.783. The lowest BCUT2D eigenvalue weighted by Crippen LogP contribution is -2.18. The summed E-state index contributed by atoms with van der Waals surface area (Å²) in [6.07, 6.45) is 1.49. The molecule has 0 aliphatic carbocycles. The highest BCUT2D eigenvalue weighted by Crippen LogP contribution is 2.16. The molecule has 1 aromatic carbocycles. The van der Waals surface area contributed by atoms with E-state index in [-0.39, 0.29) is 11.1 Å². The zero-order chi connectivity index (χ0) is 11.4. The monoisotopic (exact) mass is 207 g/mol. The van der Waals surface area contributed by atoms with Crippen LogP contribution in [-0.2, 0) is 6.42 Å². The lowest BCUT2D eigenvalue weighted by atomic mass is 9.97. The summed E-state index contributed by atoms with van der Waals surface area (Å²) in [5, 5.41) is 8.90. The maximum atomic E-state index is 11.2. The normalized spacial score (nSPS) is 9.93. The Bertz CT molecular complexity index is 399. The number of rotatable bonds is 4. The molecule has 0 saturated heterocycles. The first-order valence-electron chi connectivity index (χ1n) is 4.73. The summed E-state index contributed by atoms with van der Waals surface area (Å²) >= 11 is 0. The van der Waals surface area contributed by atoms with E-state index in [0.717, 1.165) is 6.42 Å². The number of aryl methyl sites for hydroxylation is 1. The Balaban J connectivity index is 3.34. The Morgan fingerprint density at radius 1 is 1.40 bits per heavy atom.